The van der Waals surface area contributed by atoms with Crippen molar-refractivity contribution in [2.24, 2.45) is 0 Å². The first-order valence-electron chi connectivity index (χ1n) is 3.84. The van der Waals surface area contributed by atoms with Crippen molar-refractivity contribution >= 4 is 5.91 Å². The van der Waals surface area contributed by atoms with Crippen molar-refractivity contribution in [1.29, 1.82) is 0 Å². The van der Waals surface area contributed by atoms with Gasteiger partial charge in [-0.1, -0.05) is 0 Å². The second-order valence-electron chi connectivity index (χ2n) is 2.66. The topological polar surface area (TPSA) is 50.4 Å². The van der Waals surface area contributed by atoms with Gasteiger partial charge in [-0.3, -0.25) is 4.79 Å². The van der Waals surface area contributed by atoms with E-state index >= 15 is 0 Å². The Labute approximate surface area is 66.3 Å². The fourth-order valence-corrected chi connectivity index (χ4v) is 1.09. The van der Waals surface area contributed by atoms with Crippen LogP contribution in [0.1, 0.15) is 6.42 Å². The Morgan fingerprint density at radius 1 is 1.73 bits per heavy atom. The number of carbonyl (C=O) groups is 1. The quantitative estimate of drug-likeness (QED) is 0.560. The van der Waals surface area contributed by atoms with Gasteiger partial charge in [0.2, 0.25) is 5.91 Å². The Kier molecular flexibility index (Phi) is 3.32. The van der Waals surface area contributed by atoms with Crippen molar-refractivity contribution in [1.82, 2.24) is 10.6 Å². The number of nitrogens with one attached hydrogen (secondary N) is 2. The predicted octanol–water partition coefficient (Wildman–Crippen LogP) is -0.889. The van der Waals surface area contributed by atoms with Crippen molar-refractivity contribution in [3.63, 3.8) is 0 Å². The first-order valence-corrected chi connectivity index (χ1v) is 3.84. The Balaban J connectivity index is 2.13. The molecule has 1 fully saturated rings. The maximum atomic E-state index is 11.0. The van der Waals surface area contributed by atoms with Crippen molar-refractivity contribution in [3.8, 4) is 0 Å². The van der Waals surface area contributed by atoms with Gasteiger partial charge in [-0.2, -0.15) is 0 Å². The van der Waals surface area contributed by atoms with Crippen LogP contribution < -0.4 is 10.6 Å². The van der Waals surface area contributed by atoms with Crippen LogP contribution in [0.15, 0.2) is 0 Å². The first-order chi connectivity index (χ1) is 5.33. The molecule has 1 aliphatic rings. The Bertz CT molecular complexity index is 132. The summed E-state index contributed by atoms with van der Waals surface area (Å²) in [5.74, 6) is 0.0444. The molecular formula is C7H14N2O2. The van der Waals surface area contributed by atoms with Crippen LogP contribution in [0.3, 0.4) is 0 Å². The van der Waals surface area contributed by atoms with Crippen LogP contribution in [0.5, 0.6) is 0 Å². The Morgan fingerprint density at radius 2 is 2.55 bits per heavy atom. The predicted molar refractivity (Wildman–Crippen MR) is 41.3 cm³/mol. The van der Waals surface area contributed by atoms with E-state index in [4.69, 9.17) is 4.74 Å². The molecular weight excluding hydrogens is 144 g/mol. The van der Waals surface area contributed by atoms with Crippen LogP contribution >= 0.6 is 0 Å². The minimum absolute atomic E-state index is 0.0444. The van der Waals surface area contributed by atoms with Crippen LogP contribution in [-0.2, 0) is 9.53 Å². The number of likely N-dealkylation sites (N-methyl/N-ethyl adjacent to an activating group) is 1. The lowest BCUT2D eigenvalue weighted by Crippen LogP contribution is -2.39. The van der Waals surface area contributed by atoms with Crippen LogP contribution in [0.2, 0.25) is 0 Å². The number of hydrogen-bond acceptors (Lipinski definition) is 3. The summed E-state index contributed by atoms with van der Waals surface area (Å²) in [5.41, 5.74) is 0. The second-order valence-corrected chi connectivity index (χ2v) is 2.66. The van der Waals surface area contributed by atoms with E-state index in [1.165, 1.54) is 0 Å². The monoisotopic (exact) mass is 158 g/mol. The lowest BCUT2D eigenvalue weighted by atomic mass is 10.2. The zero-order valence-corrected chi connectivity index (χ0v) is 6.72. The fraction of sp³-hybridized carbons (Fsp3) is 0.857. The van der Waals surface area contributed by atoms with Crippen LogP contribution in [0, 0.1) is 0 Å². The largest absolute Gasteiger partial charge is 0.379 e. The molecule has 1 saturated heterocycles. The molecule has 0 aromatic heterocycles. The zero-order valence-electron chi connectivity index (χ0n) is 6.72. The van der Waals surface area contributed by atoms with Crippen LogP contribution in [0.4, 0.5) is 0 Å². The number of ether oxygens (including phenoxy) is 1. The minimum Gasteiger partial charge on any atom is -0.379 e. The van der Waals surface area contributed by atoms with Gasteiger partial charge in [0.1, 0.15) is 0 Å². The molecule has 0 radical (unpaired) electrons. The SMILES string of the molecule is CNCC(=O)NC1CCOC1. The number of amides is 1. The summed E-state index contributed by atoms with van der Waals surface area (Å²) in [6, 6.07) is 0.232. The lowest BCUT2D eigenvalue weighted by Gasteiger charge is -2.09. The summed E-state index contributed by atoms with van der Waals surface area (Å²) >= 11 is 0. The second kappa shape index (κ2) is 4.31. The van der Waals surface area contributed by atoms with Gasteiger partial charge in [-0.05, 0) is 13.5 Å². The highest BCUT2D eigenvalue weighted by molar-refractivity contribution is 5.78. The molecule has 2 N–H and O–H groups in total. The third kappa shape index (κ3) is 2.86. The van der Waals surface area contributed by atoms with E-state index in [1.54, 1.807) is 7.05 Å². The molecule has 1 aliphatic heterocycles. The number of carbonyl (C=O) groups excluding carboxylic acids is 1. The minimum atomic E-state index is 0.0444. The molecule has 0 aliphatic carbocycles. The Hall–Kier alpha value is -0.610. The molecule has 11 heavy (non-hydrogen) atoms. The molecule has 1 rings (SSSR count). The lowest BCUT2D eigenvalue weighted by molar-refractivity contribution is -0.120. The molecule has 0 bridgehead atoms. The van der Waals surface area contributed by atoms with Gasteiger partial charge in [0, 0.05) is 6.61 Å². The van der Waals surface area contributed by atoms with E-state index in [9.17, 15) is 4.79 Å². The van der Waals surface area contributed by atoms with E-state index in [1.807, 2.05) is 0 Å². The Morgan fingerprint density at radius 3 is 3.09 bits per heavy atom. The van der Waals surface area contributed by atoms with Crippen molar-refractivity contribution in [2.75, 3.05) is 26.8 Å². The molecule has 4 nitrogen and oxygen atoms in total. The maximum Gasteiger partial charge on any atom is 0.234 e. The number of rotatable bonds is 3. The third-order valence-corrected chi connectivity index (χ3v) is 1.63. The molecule has 0 aromatic carbocycles. The molecule has 1 unspecified atom stereocenters. The van der Waals surface area contributed by atoms with Crippen LogP contribution in [0.25, 0.3) is 0 Å². The summed E-state index contributed by atoms with van der Waals surface area (Å²) in [6.07, 6.45) is 0.940. The van der Waals surface area contributed by atoms with E-state index in [0.29, 0.717) is 13.2 Å². The standard InChI is InChI=1S/C7H14N2O2/c1-8-4-7(10)9-6-2-3-11-5-6/h6,8H,2-5H2,1H3,(H,9,10). The first kappa shape index (κ1) is 8.49. The number of hydrogen-bond donors (Lipinski definition) is 2. The zero-order chi connectivity index (χ0) is 8.10. The molecule has 0 aromatic rings. The molecule has 1 heterocycles. The van der Waals surface area contributed by atoms with Crippen LogP contribution in [-0.4, -0.2) is 38.8 Å². The smallest absolute Gasteiger partial charge is 0.234 e. The highest BCUT2D eigenvalue weighted by Gasteiger charge is 2.16. The average Bonchev–Trinajstić information content (AvgIpc) is 2.40. The summed E-state index contributed by atoms with van der Waals surface area (Å²) in [6.45, 7) is 1.82. The summed E-state index contributed by atoms with van der Waals surface area (Å²) in [4.78, 5) is 11.0. The third-order valence-electron chi connectivity index (χ3n) is 1.63. The molecule has 1 atom stereocenters. The normalized spacial score (nSPS) is 23.5. The highest BCUT2D eigenvalue weighted by atomic mass is 16.5. The molecule has 1 amide bonds. The van der Waals surface area contributed by atoms with E-state index < -0.39 is 0 Å². The molecule has 64 valence electrons. The highest BCUT2D eigenvalue weighted by Crippen LogP contribution is 2.02. The van der Waals surface area contributed by atoms with Gasteiger partial charge in [0.05, 0.1) is 19.2 Å². The van der Waals surface area contributed by atoms with Crippen molar-refractivity contribution < 1.29 is 9.53 Å². The fourth-order valence-electron chi connectivity index (χ4n) is 1.09. The maximum absolute atomic E-state index is 11.0. The van der Waals surface area contributed by atoms with Gasteiger partial charge >= 0.3 is 0 Å². The van der Waals surface area contributed by atoms with Crippen molar-refractivity contribution in [2.45, 2.75) is 12.5 Å². The van der Waals surface area contributed by atoms with Gasteiger partial charge in [0.15, 0.2) is 0 Å². The summed E-state index contributed by atoms with van der Waals surface area (Å²) < 4.78 is 5.10. The molecule has 0 saturated carbocycles. The van der Waals surface area contributed by atoms with E-state index in [-0.39, 0.29) is 11.9 Å². The average molecular weight is 158 g/mol. The summed E-state index contributed by atoms with van der Waals surface area (Å²) in [7, 11) is 1.75. The van der Waals surface area contributed by atoms with Gasteiger partial charge in [0.25, 0.3) is 0 Å². The van der Waals surface area contributed by atoms with Gasteiger partial charge < -0.3 is 15.4 Å². The molecule has 4 heteroatoms. The van der Waals surface area contributed by atoms with E-state index in [2.05, 4.69) is 10.6 Å². The molecule has 0 spiro atoms. The van der Waals surface area contributed by atoms with Gasteiger partial charge in [-0.25, -0.2) is 0 Å². The van der Waals surface area contributed by atoms with Gasteiger partial charge in [-0.15, -0.1) is 0 Å². The summed E-state index contributed by atoms with van der Waals surface area (Å²) in [5, 5.41) is 5.64. The van der Waals surface area contributed by atoms with Crippen molar-refractivity contribution in [3.05, 3.63) is 0 Å². The van der Waals surface area contributed by atoms with E-state index in [0.717, 1.165) is 13.0 Å².